The summed E-state index contributed by atoms with van der Waals surface area (Å²) in [5, 5.41) is 1.70. The van der Waals surface area contributed by atoms with Crippen LogP contribution < -0.4 is 0 Å². The summed E-state index contributed by atoms with van der Waals surface area (Å²) in [7, 11) is 0.548. The van der Waals surface area contributed by atoms with Crippen LogP contribution in [0.3, 0.4) is 0 Å². The molecule has 82 valence electrons. The van der Waals surface area contributed by atoms with Crippen LogP contribution in [0.4, 0.5) is 0 Å². The van der Waals surface area contributed by atoms with Crippen LogP contribution in [-0.4, -0.2) is 19.7 Å². The second-order valence-electron chi connectivity index (χ2n) is 5.40. The molecule has 0 aromatic carbocycles. The minimum absolute atomic E-state index is 0.618. The molecule has 1 nitrogen and oxygen atoms in total. The van der Waals surface area contributed by atoms with Gasteiger partial charge in [-0.3, -0.25) is 0 Å². The van der Waals surface area contributed by atoms with E-state index in [2.05, 4.69) is 47.6 Å². The van der Waals surface area contributed by atoms with E-state index in [1.807, 2.05) is 0 Å². The monoisotopic (exact) mass is 258 g/mol. The first-order valence-corrected chi connectivity index (χ1v) is 9.60. The maximum absolute atomic E-state index is 5.40. The number of rotatable bonds is 3. The molecule has 0 amide bonds. The van der Waals surface area contributed by atoms with Crippen LogP contribution >= 0.6 is 0 Å². The van der Waals surface area contributed by atoms with Gasteiger partial charge in [-0.2, -0.15) is 0 Å². The molecule has 2 atom stereocenters. The Bertz CT molecular complexity index is 362. The number of hydrogen-bond donors (Lipinski definition) is 0. The summed E-state index contributed by atoms with van der Waals surface area (Å²) < 4.78 is 6.42. The normalized spacial score (nSPS) is 29.1. The molecule has 2 bridgehead atoms. The second-order valence-corrected chi connectivity index (χ2v) is 11.0. The Morgan fingerprint density at radius 3 is 2.47 bits per heavy atom. The van der Waals surface area contributed by atoms with E-state index in [0.717, 1.165) is 4.57 Å². The van der Waals surface area contributed by atoms with Gasteiger partial charge < -0.3 is 0 Å². The van der Waals surface area contributed by atoms with E-state index in [1.165, 1.54) is 12.0 Å². The molecular weight excluding hydrogens is 240 g/mol. The van der Waals surface area contributed by atoms with Crippen LogP contribution in [0.1, 0.15) is 6.42 Å². The Labute approximate surface area is 101 Å². The van der Waals surface area contributed by atoms with E-state index in [0.29, 0.717) is 11.8 Å². The maximum atomic E-state index is 5.40. The quantitative estimate of drug-likeness (QED) is 0.558. The van der Waals surface area contributed by atoms with Crippen molar-refractivity contribution < 1.29 is 20.6 Å². The van der Waals surface area contributed by atoms with Crippen molar-refractivity contribution in [2.45, 2.75) is 26.1 Å². The average Bonchev–Trinajstić information content (AvgIpc) is 2.73. The molecule has 2 rings (SSSR count). The summed E-state index contributed by atoms with van der Waals surface area (Å²) in [5.41, 5.74) is 1.48. The molecule has 0 spiro atoms. The summed E-state index contributed by atoms with van der Waals surface area (Å²) in [4.78, 5) is 0. The molecule has 0 aromatic rings. The SMILES string of the molecule is CO[C](=[Cr])C1=C([Si](C)(C)C)C2C=CC1C2. The van der Waals surface area contributed by atoms with E-state index in [9.17, 15) is 0 Å². The van der Waals surface area contributed by atoms with Crippen LogP contribution in [0.5, 0.6) is 0 Å². The van der Waals surface area contributed by atoms with Gasteiger partial charge in [-0.15, -0.1) is 0 Å². The van der Waals surface area contributed by atoms with Crippen LogP contribution in [0.25, 0.3) is 0 Å². The fraction of sp³-hybridized carbons (Fsp3) is 0.583. The molecule has 2 aliphatic rings. The Balaban J connectivity index is 2.45. The van der Waals surface area contributed by atoms with Crippen LogP contribution in [-0.2, 0) is 20.6 Å². The van der Waals surface area contributed by atoms with Crippen molar-refractivity contribution in [3.8, 4) is 0 Å². The number of methoxy groups -OCH3 is 1. The van der Waals surface area contributed by atoms with E-state index in [4.69, 9.17) is 4.74 Å². The first-order chi connectivity index (χ1) is 6.95. The van der Waals surface area contributed by atoms with Crippen molar-refractivity contribution in [1.29, 1.82) is 0 Å². The van der Waals surface area contributed by atoms with Gasteiger partial charge in [0, 0.05) is 0 Å². The molecule has 15 heavy (non-hydrogen) atoms. The molecule has 0 aromatic heterocycles. The fourth-order valence-electron chi connectivity index (χ4n) is 2.86. The fourth-order valence-corrected chi connectivity index (χ4v) is 5.85. The molecule has 0 N–H and O–H groups in total. The van der Waals surface area contributed by atoms with Gasteiger partial charge in [0.25, 0.3) is 0 Å². The molecule has 0 saturated carbocycles. The van der Waals surface area contributed by atoms with Crippen molar-refractivity contribution in [3.05, 3.63) is 22.9 Å². The molecule has 3 heteroatoms. The van der Waals surface area contributed by atoms with Crippen LogP contribution in [0.15, 0.2) is 22.9 Å². The zero-order chi connectivity index (χ0) is 11.2. The van der Waals surface area contributed by atoms with E-state index in [-0.39, 0.29) is 0 Å². The molecule has 0 fully saturated rings. The van der Waals surface area contributed by atoms with Crippen LogP contribution in [0, 0.1) is 11.8 Å². The van der Waals surface area contributed by atoms with Gasteiger partial charge in [0.1, 0.15) is 0 Å². The summed E-state index contributed by atoms with van der Waals surface area (Å²) >= 11 is 3.08. The minimum atomic E-state index is -1.21. The van der Waals surface area contributed by atoms with E-state index < -0.39 is 8.07 Å². The van der Waals surface area contributed by atoms with Gasteiger partial charge in [0.05, 0.1) is 0 Å². The first kappa shape index (κ1) is 11.5. The topological polar surface area (TPSA) is 9.23 Å². The second kappa shape index (κ2) is 3.82. The van der Waals surface area contributed by atoms with Gasteiger partial charge in [-0.05, 0) is 0 Å². The number of allylic oxidation sites excluding steroid dienone is 3. The average molecular weight is 258 g/mol. The summed E-state index contributed by atoms with van der Waals surface area (Å²) in [6.45, 7) is 7.29. The van der Waals surface area contributed by atoms with E-state index in [1.54, 1.807) is 12.3 Å². The van der Waals surface area contributed by atoms with Crippen molar-refractivity contribution in [2.24, 2.45) is 11.8 Å². The van der Waals surface area contributed by atoms with Crippen molar-refractivity contribution in [3.63, 3.8) is 0 Å². The number of ether oxygens (including phenoxy) is 1. The predicted octanol–water partition coefficient (Wildman–Crippen LogP) is 2.69. The van der Waals surface area contributed by atoms with Crippen LogP contribution in [0.2, 0.25) is 19.6 Å². The van der Waals surface area contributed by atoms with Gasteiger partial charge in [0.15, 0.2) is 0 Å². The van der Waals surface area contributed by atoms with Gasteiger partial charge in [0.2, 0.25) is 0 Å². The van der Waals surface area contributed by atoms with Gasteiger partial charge >= 0.3 is 101 Å². The third-order valence-corrected chi connectivity index (χ3v) is 6.19. The zero-order valence-electron chi connectivity index (χ0n) is 9.83. The summed E-state index contributed by atoms with van der Waals surface area (Å²) in [5.74, 6) is 1.32. The summed E-state index contributed by atoms with van der Waals surface area (Å²) in [6, 6.07) is 0. The van der Waals surface area contributed by atoms with Crippen molar-refractivity contribution in [1.82, 2.24) is 0 Å². The Morgan fingerprint density at radius 1 is 1.33 bits per heavy atom. The molecule has 2 aliphatic carbocycles. The summed E-state index contributed by atoms with van der Waals surface area (Å²) in [6.07, 6.45) is 6.02. The van der Waals surface area contributed by atoms with Gasteiger partial charge in [-0.1, -0.05) is 0 Å². The first-order valence-electron chi connectivity index (χ1n) is 5.46. The molecule has 0 aliphatic heterocycles. The third kappa shape index (κ3) is 1.87. The Hall–Kier alpha value is 0.0594. The molecule has 0 radical (unpaired) electrons. The van der Waals surface area contributed by atoms with Crippen molar-refractivity contribution >= 4 is 12.6 Å². The van der Waals surface area contributed by atoms with E-state index >= 15 is 0 Å². The standard InChI is InChI=1S/C12H18OSi.Cr/c1-13-8-11-9-5-6-10(7-9)12(11)14(2,3)4;/h5-6,9-10H,7H2,1-4H3;. The number of fused-ring (bicyclic) bond motifs is 2. The van der Waals surface area contributed by atoms with Gasteiger partial charge in [-0.25, -0.2) is 0 Å². The molecule has 0 heterocycles. The Morgan fingerprint density at radius 2 is 1.93 bits per heavy atom. The molecular formula is C12H18CrOSi. The predicted molar refractivity (Wildman–Crippen MR) is 63.1 cm³/mol. The molecule has 2 unspecified atom stereocenters. The third-order valence-electron chi connectivity index (χ3n) is 3.33. The van der Waals surface area contributed by atoms with Crippen molar-refractivity contribution in [2.75, 3.05) is 7.11 Å². The Kier molecular flexibility index (Phi) is 2.94. The number of hydrogen-bond acceptors (Lipinski definition) is 1. The molecule has 0 saturated heterocycles. The zero-order valence-corrected chi connectivity index (χ0v) is 12.1.